The predicted octanol–water partition coefficient (Wildman–Crippen LogP) is 3.20. The summed E-state index contributed by atoms with van der Waals surface area (Å²) >= 11 is 0. The molecule has 7 heteroatoms. The Labute approximate surface area is 154 Å². The molecule has 4 rings (SSSR count). The van der Waals surface area contributed by atoms with Gasteiger partial charge in [0.25, 0.3) is 0 Å². The van der Waals surface area contributed by atoms with E-state index < -0.39 is 0 Å². The van der Waals surface area contributed by atoms with Gasteiger partial charge in [0.1, 0.15) is 0 Å². The lowest BCUT2D eigenvalue weighted by Gasteiger charge is -2.28. The molecule has 1 atom stereocenters. The SMILES string of the molecule is c1cc(N2CCCCC2)ccc1Nc1nncc(NCC2CCCO2)n1. The highest BCUT2D eigenvalue weighted by atomic mass is 16.5. The summed E-state index contributed by atoms with van der Waals surface area (Å²) in [5, 5.41) is 14.6. The molecule has 1 aromatic heterocycles. The molecule has 0 amide bonds. The van der Waals surface area contributed by atoms with Gasteiger partial charge in [0.05, 0.1) is 12.3 Å². The van der Waals surface area contributed by atoms with Gasteiger partial charge in [0.15, 0.2) is 5.82 Å². The van der Waals surface area contributed by atoms with E-state index in [2.05, 4.69) is 55.0 Å². The number of nitrogens with zero attached hydrogens (tertiary/aromatic N) is 4. The zero-order chi connectivity index (χ0) is 17.6. The number of piperidine rings is 1. The van der Waals surface area contributed by atoms with Crippen molar-refractivity contribution in [2.24, 2.45) is 0 Å². The fourth-order valence-corrected chi connectivity index (χ4v) is 3.50. The second-order valence-electron chi connectivity index (χ2n) is 6.90. The first-order chi connectivity index (χ1) is 12.9. The van der Waals surface area contributed by atoms with E-state index in [1.165, 1.54) is 24.9 Å². The van der Waals surface area contributed by atoms with E-state index in [9.17, 15) is 0 Å². The lowest BCUT2D eigenvalue weighted by atomic mass is 10.1. The van der Waals surface area contributed by atoms with E-state index in [0.29, 0.717) is 11.8 Å². The van der Waals surface area contributed by atoms with Crippen molar-refractivity contribution in [3.8, 4) is 0 Å². The number of hydrogen-bond acceptors (Lipinski definition) is 7. The normalized spacial score (nSPS) is 20.2. The van der Waals surface area contributed by atoms with Crippen LogP contribution in [0.2, 0.25) is 0 Å². The number of benzene rings is 1. The van der Waals surface area contributed by atoms with Crippen LogP contribution in [0.1, 0.15) is 32.1 Å². The Hall–Kier alpha value is -2.41. The standard InChI is InChI=1S/C19H26N6O/c1-2-10-25(11-3-1)16-8-6-15(7-9-16)22-19-23-18(14-21-24-19)20-13-17-5-4-12-26-17/h6-9,14,17H,1-5,10-13H2,(H2,20,22,23,24). The summed E-state index contributed by atoms with van der Waals surface area (Å²) in [4.78, 5) is 6.92. The van der Waals surface area contributed by atoms with Crippen molar-refractivity contribution in [3.63, 3.8) is 0 Å². The first-order valence-electron chi connectivity index (χ1n) is 9.54. The third kappa shape index (κ3) is 4.40. The van der Waals surface area contributed by atoms with Crippen molar-refractivity contribution in [1.29, 1.82) is 0 Å². The van der Waals surface area contributed by atoms with Crippen LogP contribution < -0.4 is 15.5 Å². The van der Waals surface area contributed by atoms with Gasteiger partial charge < -0.3 is 20.3 Å². The van der Waals surface area contributed by atoms with Crippen LogP contribution in [0.4, 0.5) is 23.1 Å². The molecule has 2 fully saturated rings. The molecule has 0 aliphatic carbocycles. The number of aromatic nitrogens is 3. The van der Waals surface area contributed by atoms with Crippen LogP contribution in [0.15, 0.2) is 30.5 Å². The number of hydrogen-bond donors (Lipinski definition) is 2. The van der Waals surface area contributed by atoms with Crippen molar-refractivity contribution >= 4 is 23.1 Å². The summed E-state index contributed by atoms with van der Waals surface area (Å²) < 4.78 is 5.62. The molecule has 0 spiro atoms. The zero-order valence-electron chi connectivity index (χ0n) is 15.0. The smallest absolute Gasteiger partial charge is 0.249 e. The maximum absolute atomic E-state index is 5.62. The van der Waals surface area contributed by atoms with Crippen molar-refractivity contribution in [3.05, 3.63) is 30.5 Å². The Morgan fingerprint density at radius 3 is 2.69 bits per heavy atom. The van der Waals surface area contributed by atoms with E-state index in [1.807, 2.05) is 0 Å². The van der Waals surface area contributed by atoms with Gasteiger partial charge in [-0.05, 0) is 56.4 Å². The minimum absolute atomic E-state index is 0.267. The summed E-state index contributed by atoms with van der Waals surface area (Å²) in [6, 6.07) is 8.45. The molecule has 2 saturated heterocycles. The Kier molecular flexibility index (Phi) is 5.44. The van der Waals surface area contributed by atoms with Gasteiger partial charge in [0, 0.05) is 37.6 Å². The lowest BCUT2D eigenvalue weighted by Crippen LogP contribution is -2.29. The molecule has 7 nitrogen and oxygen atoms in total. The second-order valence-corrected chi connectivity index (χ2v) is 6.90. The highest BCUT2D eigenvalue weighted by Gasteiger charge is 2.15. The van der Waals surface area contributed by atoms with Gasteiger partial charge in [-0.25, -0.2) is 0 Å². The van der Waals surface area contributed by atoms with Gasteiger partial charge in [-0.1, -0.05) is 0 Å². The molecule has 2 aromatic rings. The summed E-state index contributed by atoms with van der Waals surface area (Å²) in [5.74, 6) is 1.20. The lowest BCUT2D eigenvalue weighted by molar-refractivity contribution is 0.120. The van der Waals surface area contributed by atoms with Crippen LogP contribution in [0.5, 0.6) is 0 Å². The molecular formula is C19H26N6O. The van der Waals surface area contributed by atoms with Crippen LogP contribution >= 0.6 is 0 Å². The summed E-state index contributed by atoms with van der Waals surface area (Å²) in [6.45, 7) is 3.91. The van der Waals surface area contributed by atoms with Crippen LogP contribution in [0, 0.1) is 0 Å². The van der Waals surface area contributed by atoms with E-state index in [1.54, 1.807) is 6.20 Å². The molecule has 1 unspecified atom stereocenters. The fraction of sp³-hybridized carbons (Fsp3) is 0.526. The molecule has 26 heavy (non-hydrogen) atoms. The van der Waals surface area contributed by atoms with Crippen LogP contribution in [-0.4, -0.2) is 47.5 Å². The first kappa shape index (κ1) is 17.0. The largest absolute Gasteiger partial charge is 0.376 e. The molecule has 3 heterocycles. The third-order valence-corrected chi connectivity index (χ3v) is 4.94. The van der Waals surface area contributed by atoms with E-state index in [-0.39, 0.29) is 6.10 Å². The number of rotatable bonds is 6. The first-order valence-corrected chi connectivity index (χ1v) is 9.54. The van der Waals surface area contributed by atoms with Crippen LogP contribution in [-0.2, 0) is 4.74 Å². The number of nitrogens with one attached hydrogen (secondary N) is 2. The molecule has 2 aliphatic rings. The van der Waals surface area contributed by atoms with E-state index in [0.717, 1.165) is 44.8 Å². The molecule has 2 N–H and O–H groups in total. The monoisotopic (exact) mass is 354 g/mol. The summed E-state index contributed by atoms with van der Waals surface area (Å²) in [5.41, 5.74) is 2.24. The molecule has 0 bridgehead atoms. The Balaban J connectivity index is 1.35. The van der Waals surface area contributed by atoms with Gasteiger partial charge in [-0.2, -0.15) is 10.1 Å². The predicted molar refractivity (Wildman–Crippen MR) is 103 cm³/mol. The number of ether oxygens (including phenoxy) is 1. The molecule has 1 aromatic carbocycles. The molecular weight excluding hydrogens is 328 g/mol. The Bertz CT molecular complexity index is 695. The van der Waals surface area contributed by atoms with Gasteiger partial charge >= 0.3 is 0 Å². The minimum Gasteiger partial charge on any atom is -0.376 e. The second kappa shape index (κ2) is 8.31. The quantitative estimate of drug-likeness (QED) is 0.825. The average Bonchev–Trinajstić information content (AvgIpc) is 3.22. The Morgan fingerprint density at radius 2 is 1.92 bits per heavy atom. The van der Waals surface area contributed by atoms with Gasteiger partial charge in [0.2, 0.25) is 5.95 Å². The van der Waals surface area contributed by atoms with Crippen molar-refractivity contribution in [2.45, 2.75) is 38.2 Å². The topological polar surface area (TPSA) is 75.2 Å². The van der Waals surface area contributed by atoms with E-state index in [4.69, 9.17) is 4.74 Å². The van der Waals surface area contributed by atoms with Crippen molar-refractivity contribution in [2.75, 3.05) is 41.8 Å². The molecule has 0 radical (unpaired) electrons. The summed E-state index contributed by atoms with van der Waals surface area (Å²) in [6.07, 6.45) is 8.05. The molecule has 138 valence electrons. The van der Waals surface area contributed by atoms with Gasteiger partial charge in [-0.3, -0.25) is 0 Å². The fourth-order valence-electron chi connectivity index (χ4n) is 3.50. The van der Waals surface area contributed by atoms with Crippen LogP contribution in [0.25, 0.3) is 0 Å². The van der Waals surface area contributed by atoms with E-state index >= 15 is 0 Å². The molecule has 2 aliphatic heterocycles. The molecule has 0 saturated carbocycles. The highest BCUT2D eigenvalue weighted by molar-refractivity contribution is 5.59. The van der Waals surface area contributed by atoms with Crippen LogP contribution in [0.3, 0.4) is 0 Å². The maximum atomic E-state index is 5.62. The van der Waals surface area contributed by atoms with Gasteiger partial charge in [-0.15, -0.1) is 5.10 Å². The Morgan fingerprint density at radius 1 is 1.08 bits per heavy atom. The average molecular weight is 354 g/mol. The zero-order valence-corrected chi connectivity index (χ0v) is 15.0. The highest BCUT2D eigenvalue weighted by Crippen LogP contribution is 2.23. The van der Waals surface area contributed by atoms with Crippen molar-refractivity contribution < 1.29 is 4.74 Å². The maximum Gasteiger partial charge on any atom is 0.249 e. The summed E-state index contributed by atoms with van der Waals surface area (Å²) in [7, 11) is 0. The van der Waals surface area contributed by atoms with Crippen molar-refractivity contribution in [1.82, 2.24) is 15.2 Å². The minimum atomic E-state index is 0.267. The third-order valence-electron chi connectivity index (χ3n) is 4.94. The number of anilines is 4.